The Morgan fingerprint density at radius 1 is 0.821 bits per heavy atom. The van der Waals surface area contributed by atoms with Gasteiger partial charge in [0.15, 0.2) is 5.78 Å². The smallest absolute Gasteiger partial charge is 0.243 e. The summed E-state index contributed by atoms with van der Waals surface area (Å²) >= 11 is 0. The molecule has 0 bridgehead atoms. The molecule has 0 aliphatic heterocycles. The number of hydrogen-bond donors (Lipinski definition) is 1. The summed E-state index contributed by atoms with van der Waals surface area (Å²) in [5, 5.41) is 4.08. The van der Waals surface area contributed by atoms with Crippen LogP contribution in [0.1, 0.15) is 75.3 Å². The topological polar surface area (TPSA) is 70.9 Å². The SMILES string of the molecule is O=C(CN=Cc1ccc(/C=N/NC(=O)C2CCCCC2)cc1)C1CCCCC1. The van der Waals surface area contributed by atoms with Crippen molar-refractivity contribution in [2.24, 2.45) is 21.9 Å². The van der Waals surface area contributed by atoms with Crippen LogP contribution in [-0.2, 0) is 9.59 Å². The monoisotopic (exact) mass is 381 g/mol. The number of hydrogen-bond acceptors (Lipinski definition) is 4. The highest BCUT2D eigenvalue weighted by Crippen LogP contribution is 2.24. The first-order valence-electron chi connectivity index (χ1n) is 10.7. The molecular formula is C23H31N3O2. The molecule has 150 valence electrons. The standard InChI is InChI=1S/C23H31N3O2/c27-22(20-7-3-1-4-8-20)17-24-15-18-11-13-19(14-12-18)16-25-26-23(28)21-9-5-2-6-10-21/h11-16,20-21H,1-10,17H2,(H,26,28)/b24-15?,25-16+. The van der Waals surface area contributed by atoms with E-state index in [4.69, 9.17) is 0 Å². The Labute approximate surface area is 167 Å². The average molecular weight is 382 g/mol. The number of aliphatic imine (C=N–C) groups is 1. The van der Waals surface area contributed by atoms with E-state index in [2.05, 4.69) is 15.5 Å². The molecule has 1 N–H and O–H groups in total. The van der Waals surface area contributed by atoms with Gasteiger partial charge in [-0.3, -0.25) is 14.6 Å². The van der Waals surface area contributed by atoms with Crippen LogP contribution in [0.15, 0.2) is 34.4 Å². The van der Waals surface area contributed by atoms with E-state index >= 15 is 0 Å². The molecule has 0 saturated heterocycles. The van der Waals surface area contributed by atoms with Gasteiger partial charge in [0.05, 0.1) is 12.8 Å². The Balaban J connectivity index is 1.42. The Morgan fingerprint density at radius 3 is 1.96 bits per heavy atom. The van der Waals surface area contributed by atoms with Gasteiger partial charge in [0.25, 0.3) is 0 Å². The lowest BCUT2D eigenvalue weighted by Crippen LogP contribution is -2.28. The fourth-order valence-corrected chi connectivity index (χ4v) is 4.09. The summed E-state index contributed by atoms with van der Waals surface area (Å²) < 4.78 is 0. The van der Waals surface area contributed by atoms with Gasteiger partial charge in [-0.2, -0.15) is 5.10 Å². The maximum atomic E-state index is 12.2. The van der Waals surface area contributed by atoms with Crippen molar-refractivity contribution < 1.29 is 9.59 Å². The average Bonchev–Trinajstić information content (AvgIpc) is 2.76. The number of carbonyl (C=O) groups excluding carboxylic acids is 2. The van der Waals surface area contributed by atoms with Gasteiger partial charge in [0, 0.05) is 18.1 Å². The molecule has 2 aliphatic carbocycles. The lowest BCUT2D eigenvalue weighted by molar-refractivity contribution is -0.126. The van der Waals surface area contributed by atoms with Crippen LogP contribution < -0.4 is 5.43 Å². The summed E-state index contributed by atoms with van der Waals surface area (Å²) in [5.74, 6) is 0.630. The number of carbonyl (C=O) groups is 2. The molecule has 2 saturated carbocycles. The summed E-state index contributed by atoms with van der Waals surface area (Å²) in [7, 11) is 0. The number of nitrogens with one attached hydrogen (secondary N) is 1. The molecule has 0 atom stereocenters. The predicted molar refractivity (Wildman–Crippen MR) is 113 cm³/mol. The number of hydrazone groups is 1. The molecule has 5 nitrogen and oxygen atoms in total. The van der Waals surface area contributed by atoms with Crippen LogP contribution >= 0.6 is 0 Å². The first-order valence-corrected chi connectivity index (χ1v) is 10.7. The largest absolute Gasteiger partial charge is 0.297 e. The molecule has 2 fully saturated rings. The number of ketones is 1. The van der Waals surface area contributed by atoms with Gasteiger partial charge in [-0.05, 0) is 36.8 Å². The van der Waals surface area contributed by atoms with Crippen molar-refractivity contribution in [1.82, 2.24) is 5.43 Å². The summed E-state index contributed by atoms with van der Waals surface area (Å²) in [4.78, 5) is 28.5. The molecule has 5 heteroatoms. The highest BCUT2D eigenvalue weighted by molar-refractivity contribution is 5.88. The Bertz CT molecular complexity index is 636. The molecule has 1 aromatic carbocycles. The van der Waals surface area contributed by atoms with Crippen molar-refractivity contribution in [1.29, 1.82) is 0 Å². The summed E-state index contributed by atoms with van der Waals surface area (Å²) in [6, 6.07) is 7.75. The van der Waals surface area contributed by atoms with E-state index < -0.39 is 0 Å². The molecule has 1 aromatic rings. The van der Waals surface area contributed by atoms with E-state index in [0.717, 1.165) is 49.7 Å². The minimum Gasteiger partial charge on any atom is -0.297 e. The Hall–Kier alpha value is -2.30. The molecule has 1 amide bonds. The second-order valence-corrected chi connectivity index (χ2v) is 8.01. The lowest BCUT2D eigenvalue weighted by atomic mass is 9.86. The first kappa shape index (κ1) is 20.4. The third-order valence-corrected chi connectivity index (χ3v) is 5.85. The normalized spacial score (nSPS) is 19.3. The van der Waals surface area contributed by atoms with Gasteiger partial charge in [-0.1, -0.05) is 62.8 Å². The van der Waals surface area contributed by atoms with E-state index in [0.29, 0.717) is 0 Å². The number of benzene rings is 1. The van der Waals surface area contributed by atoms with Crippen LogP contribution in [0.2, 0.25) is 0 Å². The van der Waals surface area contributed by atoms with Gasteiger partial charge in [0.1, 0.15) is 0 Å². The fourth-order valence-electron chi connectivity index (χ4n) is 4.09. The van der Waals surface area contributed by atoms with E-state index in [9.17, 15) is 9.59 Å². The highest BCUT2D eigenvalue weighted by atomic mass is 16.2. The van der Waals surface area contributed by atoms with Gasteiger partial charge in [-0.15, -0.1) is 0 Å². The van der Waals surface area contributed by atoms with Crippen molar-refractivity contribution in [3.8, 4) is 0 Å². The van der Waals surface area contributed by atoms with E-state index in [-0.39, 0.29) is 30.1 Å². The quantitative estimate of drug-likeness (QED) is 0.565. The van der Waals surface area contributed by atoms with Crippen LogP contribution in [0.4, 0.5) is 0 Å². The molecule has 0 aromatic heterocycles. The number of nitrogens with zero attached hydrogens (tertiary/aromatic N) is 2. The van der Waals surface area contributed by atoms with Gasteiger partial charge in [0.2, 0.25) is 5.91 Å². The van der Waals surface area contributed by atoms with Gasteiger partial charge < -0.3 is 0 Å². The van der Waals surface area contributed by atoms with Crippen LogP contribution in [0, 0.1) is 11.8 Å². The predicted octanol–water partition coefficient (Wildman–Crippen LogP) is 4.29. The highest BCUT2D eigenvalue weighted by Gasteiger charge is 2.21. The number of amides is 1. The Morgan fingerprint density at radius 2 is 1.36 bits per heavy atom. The first-order chi connectivity index (χ1) is 13.7. The molecule has 3 rings (SSSR count). The molecule has 2 aliphatic rings. The van der Waals surface area contributed by atoms with Gasteiger partial charge in [-0.25, -0.2) is 5.43 Å². The zero-order valence-corrected chi connectivity index (χ0v) is 16.6. The van der Waals surface area contributed by atoms with Crippen molar-refractivity contribution >= 4 is 24.1 Å². The van der Waals surface area contributed by atoms with Crippen LogP contribution in [0.3, 0.4) is 0 Å². The second kappa shape index (κ2) is 10.9. The van der Waals surface area contributed by atoms with E-state index in [1.165, 1.54) is 25.7 Å². The van der Waals surface area contributed by atoms with Crippen LogP contribution in [-0.4, -0.2) is 30.7 Å². The minimum absolute atomic E-state index is 0.0299. The fraction of sp³-hybridized carbons (Fsp3) is 0.565. The number of rotatable bonds is 7. The minimum atomic E-state index is 0.0299. The van der Waals surface area contributed by atoms with Crippen molar-refractivity contribution in [2.75, 3.05) is 6.54 Å². The summed E-state index contributed by atoms with van der Waals surface area (Å²) in [6.07, 6.45) is 14.5. The van der Waals surface area contributed by atoms with Gasteiger partial charge >= 0.3 is 0 Å². The second-order valence-electron chi connectivity index (χ2n) is 8.01. The molecular weight excluding hydrogens is 350 g/mol. The zero-order chi connectivity index (χ0) is 19.6. The molecule has 0 spiro atoms. The summed E-state index contributed by atoms with van der Waals surface area (Å²) in [6.45, 7) is 0.279. The molecule has 0 radical (unpaired) electrons. The third kappa shape index (κ3) is 6.39. The third-order valence-electron chi connectivity index (χ3n) is 5.85. The molecule has 0 unspecified atom stereocenters. The van der Waals surface area contributed by atoms with Crippen LogP contribution in [0.5, 0.6) is 0 Å². The van der Waals surface area contributed by atoms with Crippen molar-refractivity contribution in [3.05, 3.63) is 35.4 Å². The maximum Gasteiger partial charge on any atom is 0.243 e. The zero-order valence-electron chi connectivity index (χ0n) is 16.6. The van der Waals surface area contributed by atoms with E-state index in [1.807, 2.05) is 24.3 Å². The van der Waals surface area contributed by atoms with Crippen molar-refractivity contribution in [2.45, 2.75) is 64.2 Å². The molecule has 0 heterocycles. The lowest BCUT2D eigenvalue weighted by Gasteiger charge is -2.19. The van der Waals surface area contributed by atoms with E-state index in [1.54, 1.807) is 12.4 Å². The Kier molecular flexibility index (Phi) is 7.94. The summed E-state index contributed by atoms with van der Waals surface area (Å²) in [5.41, 5.74) is 4.53. The van der Waals surface area contributed by atoms with Crippen LogP contribution in [0.25, 0.3) is 0 Å². The molecule has 28 heavy (non-hydrogen) atoms. The maximum absolute atomic E-state index is 12.2. The van der Waals surface area contributed by atoms with Crippen molar-refractivity contribution in [3.63, 3.8) is 0 Å². The number of Topliss-reactive ketones (excluding diaryl/α,β-unsaturated/α-hetero) is 1.